The normalized spacial score (nSPS) is 11.0. The summed E-state index contributed by atoms with van der Waals surface area (Å²) in [6.07, 6.45) is 1.91. The Kier molecular flexibility index (Phi) is 5.14. The van der Waals surface area contributed by atoms with Crippen LogP contribution in [0, 0.1) is 6.92 Å². The summed E-state index contributed by atoms with van der Waals surface area (Å²) in [5.41, 5.74) is 7.51. The van der Waals surface area contributed by atoms with Gasteiger partial charge >= 0.3 is 0 Å². The number of fused-ring (bicyclic) bond motifs is 1. The first-order chi connectivity index (χ1) is 10.1. The van der Waals surface area contributed by atoms with Crippen LogP contribution in [0.3, 0.4) is 0 Å². The highest BCUT2D eigenvalue weighted by Crippen LogP contribution is 2.33. The van der Waals surface area contributed by atoms with E-state index in [0.717, 1.165) is 28.8 Å². The van der Waals surface area contributed by atoms with Gasteiger partial charge in [-0.25, -0.2) is 4.98 Å². The van der Waals surface area contributed by atoms with E-state index in [1.807, 2.05) is 19.1 Å². The summed E-state index contributed by atoms with van der Waals surface area (Å²) in [6, 6.07) is 3.80. The van der Waals surface area contributed by atoms with E-state index in [0.29, 0.717) is 23.7 Å². The molecule has 2 rings (SSSR count). The van der Waals surface area contributed by atoms with Gasteiger partial charge in [0.2, 0.25) is 0 Å². The second-order valence-corrected chi connectivity index (χ2v) is 6.02. The number of unbranched alkanes of at least 4 members (excludes halogenated alkanes) is 1. The first-order valence-corrected chi connectivity index (χ1v) is 7.95. The van der Waals surface area contributed by atoms with Gasteiger partial charge in [-0.2, -0.15) is 0 Å². The smallest absolute Gasteiger partial charge is 0.266 e. The Morgan fingerprint density at radius 3 is 2.86 bits per heavy atom. The summed E-state index contributed by atoms with van der Waals surface area (Å²) >= 11 is 1.32. The number of rotatable bonds is 6. The Morgan fingerprint density at radius 2 is 2.19 bits per heavy atom. The summed E-state index contributed by atoms with van der Waals surface area (Å²) in [5, 5.41) is 9.97. The topological polar surface area (TPSA) is 79.5 Å². The van der Waals surface area contributed by atoms with Crippen LogP contribution in [0.4, 0.5) is 5.69 Å². The van der Waals surface area contributed by atoms with Crippen LogP contribution in [-0.2, 0) is 0 Å². The van der Waals surface area contributed by atoms with Gasteiger partial charge in [-0.1, -0.05) is 13.3 Å². The van der Waals surface area contributed by atoms with Crippen molar-refractivity contribution in [1.82, 2.24) is 9.88 Å². The quantitative estimate of drug-likeness (QED) is 0.859. The average molecular weight is 307 g/mol. The number of aromatic nitrogens is 1. The van der Waals surface area contributed by atoms with Gasteiger partial charge in [-0.15, -0.1) is 11.3 Å². The van der Waals surface area contributed by atoms with Crippen LogP contribution >= 0.6 is 11.3 Å². The van der Waals surface area contributed by atoms with Crippen LogP contribution in [0.1, 0.15) is 35.1 Å². The number of carbonyl (C=O) groups is 1. The number of hydrogen-bond acceptors (Lipinski definition) is 5. The van der Waals surface area contributed by atoms with E-state index < -0.39 is 0 Å². The molecule has 0 unspecified atom stereocenters. The number of anilines is 1. The van der Waals surface area contributed by atoms with Crippen LogP contribution in [0.25, 0.3) is 10.2 Å². The SMILES string of the molecule is CCCCN(CCO)C(=O)c1sc2nc(C)ccc2c1N. The summed E-state index contributed by atoms with van der Waals surface area (Å²) in [4.78, 5) is 20.0. The number of nitrogens with two attached hydrogens (primary N) is 1. The van der Waals surface area contributed by atoms with Gasteiger partial charge < -0.3 is 15.7 Å². The van der Waals surface area contributed by atoms with Gasteiger partial charge in [0, 0.05) is 24.2 Å². The van der Waals surface area contributed by atoms with E-state index in [2.05, 4.69) is 11.9 Å². The fraction of sp³-hybridized carbons (Fsp3) is 0.467. The summed E-state index contributed by atoms with van der Waals surface area (Å²) in [5.74, 6) is -0.115. The first kappa shape index (κ1) is 15.7. The largest absolute Gasteiger partial charge is 0.397 e. The van der Waals surface area contributed by atoms with E-state index in [1.54, 1.807) is 4.90 Å². The zero-order valence-corrected chi connectivity index (χ0v) is 13.2. The second kappa shape index (κ2) is 6.87. The lowest BCUT2D eigenvalue weighted by molar-refractivity contribution is 0.0725. The zero-order chi connectivity index (χ0) is 15.4. The van der Waals surface area contributed by atoms with Crippen molar-refractivity contribution in [3.63, 3.8) is 0 Å². The van der Waals surface area contributed by atoms with E-state index in [1.165, 1.54) is 11.3 Å². The van der Waals surface area contributed by atoms with Crippen molar-refractivity contribution in [2.75, 3.05) is 25.4 Å². The zero-order valence-electron chi connectivity index (χ0n) is 12.4. The van der Waals surface area contributed by atoms with Gasteiger partial charge in [0.05, 0.1) is 12.3 Å². The molecular weight excluding hydrogens is 286 g/mol. The molecule has 114 valence electrons. The maximum absolute atomic E-state index is 12.6. The Labute approximate surface area is 128 Å². The van der Waals surface area contributed by atoms with Crippen molar-refractivity contribution in [2.24, 2.45) is 0 Å². The van der Waals surface area contributed by atoms with Gasteiger partial charge in [-0.05, 0) is 25.5 Å². The van der Waals surface area contributed by atoms with Crippen molar-refractivity contribution < 1.29 is 9.90 Å². The number of amides is 1. The Bertz CT molecular complexity index is 639. The fourth-order valence-corrected chi connectivity index (χ4v) is 3.28. The van der Waals surface area contributed by atoms with Crippen LogP contribution in [0.15, 0.2) is 12.1 Å². The predicted molar refractivity (Wildman–Crippen MR) is 86.7 cm³/mol. The molecule has 0 aliphatic rings. The van der Waals surface area contributed by atoms with Crippen molar-refractivity contribution in [3.05, 3.63) is 22.7 Å². The minimum atomic E-state index is -0.115. The van der Waals surface area contributed by atoms with Gasteiger partial charge in [0.1, 0.15) is 9.71 Å². The molecule has 5 nitrogen and oxygen atoms in total. The molecule has 0 fully saturated rings. The molecule has 0 bridgehead atoms. The maximum atomic E-state index is 12.6. The molecule has 0 spiro atoms. The third-order valence-corrected chi connectivity index (χ3v) is 4.47. The molecule has 0 saturated carbocycles. The minimum absolute atomic E-state index is 0.0440. The highest BCUT2D eigenvalue weighted by molar-refractivity contribution is 7.21. The van der Waals surface area contributed by atoms with Crippen molar-refractivity contribution in [3.8, 4) is 0 Å². The van der Waals surface area contributed by atoms with E-state index in [-0.39, 0.29) is 12.5 Å². The van der Waals surface area contributed by atoms with Gasteiger partial charge in [0.15, 0.2) is 0 Å². The number of aliphatic hydroxyl groups is 1. The van der Waals surface area contributed by atoms with E-state index in [9.17, 15) is 4.79 Å². The number of nitrogens with zero attached hydrogens (tertiary/aromatic N) is 2. The van der Waals surface area contributed by atoms with Crippen molar-refractivity contribution >= 4 is 33.1 Å². The summed E-state index contributed by atoms with van der Waals surface area (Å²) in [7, 11) is 0. The molecule has 0 aromatic carbocycles. The molecule has 0 aliphatic heterocycles. The molecule has 2 aromatic rings. The van der Waals surface area contributed by atoms with Crippen LogP contribution in [0.5, 0.6) is 0 Å². The molecule has 6 heteroatoms. The molecule has 2 heterocycles. The Hall–Kier alpha value is -1.66. The first-order valence-electron chi connectivity index (χ1n) is 7.14. The maximum Gasteiger partial charge on any atom is 0.266 e. The second-order valence-electron chi connectivity index (χ2n) is 5.02. The third-order valence-electron chi connectivity index (χ3n) is 3.37. The molecule has 3 N–H and O–H groups in total. The van der Waals surface area contributed by atoms with Crippen molar-refractivity contribution in [1.29, 1.82) is 0 Å². The summed E-state index contributed by atoms with van der Waals surface area (Å²) < 4.78 is 0. The molecule has 0 saturated heterocycles. The van der Waals surface area contributed by atoms with Gasteiger partial charge in [-0.3, -0.25) is 4.79 Å². The van der Waals surface area contributed by atoms with Crippen LogP contribution < -0.4 is 5.73 Å². The Balaban J connectivity index is 2.34. The fourth-order valence-electron chi connectivity index (χ4n) is 2.18. The van der Waals surface area contributed by atoms with Gasteiger partial charge in [0.25, 0.3) is 5.91 Å². The highest BCUT2D eigenvalue weighted by Gasteiger charge is 2.22. The molecule has 0 atom stereocenters. The lowest BCUT2D eigenvalue weighted by Crippen LogP contribution is -2.34. The number of pyridine rings is 1. The number of aryl methyl sites for hydroxylation is 1. The number of hydrogen-bond donors (Lipinski definition) is 2. The number of nitrogen functional groups attached to an aromatic ring is 1. The molecule has 0 radical (unpaired) electrons. The molecule has 1 amide bonds. The number of aliphatic hydroxyl groups excluding tert-OH is 1. The standard InChI is InChI=1S/C15H21N3O2S/c1-3-4-7-18(8-9-19)15(20)13-12(16)11-6-5-10(2)17-14(11)21-13/h5-6,19H,3-4,7-9,16H2,1-2H3. The Morgan fingerprint density at radius 1 is 1.43 bits per heavy atom. The number of thiophene rings is 1. The highest BCUT2D eigenvalue weighted by atomic mass is 32.1. The minimum Gasteiger partial charge on any atom is -0.397 e. The van der Waals surface area contributed by atoms with Crippen molar-refractivity contribution in [2.45, 2.75) is 26.7 Å². The van der Waals surface area contributed by atoms with Crippen LogP contribution in [-0.4, -0.2) is 40.6 Å². The molecule has 0 aliphatic carbocycles. The summed E-state index contributed by atoms with van der Waals surface area (Å²) in [6.45, 7) is 4.91. The van der Waals surface area contributed by atoms with E-state index >= 15 is 0 Å². The molecule has 2 aromatic heterocycles. The molecular formula is C15H21N3O2S. The lowest BCUT2D eigenvalue weighted by atomic mass is 10.2. The molecule has 21 heavy (non-hydrogen) atoms. The average Bonchev–Trinajstić information content (AvgIpc) is 2.79. The van der Waals surface area contributed by atoms with Crippen LogP contribution in [0.2, 0.25) is 0 Å². The predicted octanol–water partition coefficient (Wildman–Crippen LogP) is 2.42. The third kappa shape index (κ3) is 3.33. The number of carbonyl (C=O) groups excluding carboxylic acids is 1. The lowest BCUT2D eigenvalue weighted by Gasteiger charge is -2.21. The monoisotopic (exact) mass is 307 g/mol. The van der Waals surface area contributed by atoms with E-state index in [4.69, 9.17) is 10.8 Å².